The zero-order valence-electron chi connectivity index (χ0n) is 8.87. The fourth-order valence-electron chi connectivity index (χ4n) is 1.26. The van der Waals surface area contributed by atoms with Gasteiger partial charge in [0.15, 0.2) is 0 Å². The second kappa shape index (κ2) is 4.59. The normalized spacial score (nSPS) is 11.3. The highest BCUT2D eigenvalue weighted by atomic mass is 16.5. The van der Waals surface area contributed by atoms with Crippen molar-refractivity contribution in [3.05, 3.63) is 39.1 Å². The van der Waals surface area contributed by atoms with Crippen LogP contribution in [0.15, 0.2) is 21.0 Å². The van der Waals surface area contributed by atoms with E-state index in [0.29, 0.717) is 23.6 Å². The number of carbonyl (C=O) groups excluding carboxylic acids is 1. The second-order valence-corrected chi connectivity index (χ2v) is 3.21. The summed E-state index contributed by atoms with van der Waals surface area (Å²) in [6, 6.07) is 1.75. The molecule has 0 fully saturated rings. The number of hydrogen-bond donors (Lipinski definition) is 0. The van der Waals surface area contributed by atoms with Crippen LogP contribution in [0.3, 0.4) is 0 Å². The lowest BCUT2D eigenvalue weighted by Gasteiger charge is -2.01. The van der Waals surface area contributed by atoms with E-state index in [2.05, 4.69) is 4.74 Å². The maximum atomic E-state index is 11.4. The number of allylic oxidation sites excluding steroid dienone is 1. The van der Waals surface area contributed by atoms with E-state index in [9.17, 15) is 9.59 Å². The standard InChI is InChI=1S/C11H12O4/c1-7-4-9(3)15-11(13)10(7)5-8(2)14-6-12/h4-6H,1-3H3/b8-5-. The number of aryl methyl sites for hydroxylation is 2. The van der Waals surface area contributed by atoms with Crippen LogP contribution in [0.4, 0.5) is 0 Å². The number of carbonyl (C=O) groups is 1. The van der Waals surface area contributed by atoms with E-state index in [0.717, 1.165) is 5.56 Å². The van der Waals surface area contributed by atoms with Gasteiger partial charge in [0.25, 0.3) is 6.47 Å². The molecular formula is C11H12O4. The quantitative estimate of drug-likeness (QED) is 0.561. The monoisotopic (exact) mass is 208 g/mol. The maximum Gasteiger partial charge on any atom is 0.343 e. The van der Waals surface area contributed by atoms with Gasteiger partial charge in [-0.3, -0.25) is 4.79 Å². The smallest absolute Gasteiger partial charge is 0.343 e. The van der Waals surface area contributed by atoms with E-state index < -0.39 is 5.63 Å². The Bertz CT molecular complexity index is 454. The number of ether oxygens (including phenoxy) is 1. The highest BCUT2D eigenvalue weighted by molar-refractivity contribution is 5.55. The van der Waals surface area contributed by atoms with Gasteiger partial charge >= 0.3 is 5.63 Å². The van der Waals surface area contributed by atoms with Crippen molar-refractivity contribution in [3.8, 4) is 0 Å². The van der Waals surface area contributed by atoms with Gasteiger partial charge in [0, 0.05) is 0 Å². The summed E-state index contributed by atoms with van der Waals surface area (Å²) in [5.74, 6) is 0.910. The van der Waals surface area contributed by atoms with Crippen LogP contribution in [0.2, 0.25) is 0 Å². The first kappa shape index (κ1) is 11.2. The van der Waals surface area contributed by atoms with Crippen LogP contribution in [0.5, 0.6) is 0 Å². The lowest BCUT2D eigenvalue weighted by atomic mass is 10.1. The molecule has 0 unspecified atom stereocenters. The first-order valence-electron chi connectivity index (χ1n) is 4.44. The molecule has 0 aliphatic carbocycles. The molecule has 0 radical (unpaired) electrons. The highest BCUT2D eigenvalue weighted by Gasteiger charge is 2.05. The predicted octanol–water partition coefficient (Wildman–Crippen LogP) is 1.79. The zero-order chi connectivity index (χ0) is 11.4. The molecule has 0 amide bonds. The fraction of sp³-hybridized carbons (Fsp3) is 0.273. The predicted molar refractivity (Wildman–Crippen MR) is 55.3 cm³/mol. The van der Waals surface area contributed by atoms with Gasteiger partial charge in [-0.25, -0.2) is 4.79 Å². The van der Waals surface area contributed by atoms with Gasteiger partial charge in [-0.1, -0.05) is 0 Å². The van der Waals surface area contributed by atoms with Gasteiger partial charge in [-0.15, -0.1) is 0 Å². The van der Waals surface area contributed by atoms with Crippen LogP contribution < -0.4 is 5.63 Å². The maximum absolute atomic E-state index is 11.4. The molecule has 1 aromatic rings. The highest BCUT2D eigenvalue weighted by Crippen LogP contribution is 2.10. The first-order chi connectivity index (χ1) is 7.04. The molecule has 4 nitrogen and oxygen atoms in total. The minimum Gasteiger partial charge on any atom is -0.434 e. The van der Waals surface area contributed by atoms with Gasteiger partial charge < -0.3 is 9.15 Å². The third-order valence-electron chi connectivity index (χ3n) is 1.90. The Kier molecular flexibility index (Phi) is 3.44. The fourth-order valence-corrected chi connectivity index (χ4v) is 1.26. The molecule has 0 saturated carbocycles. The number of rotatable bonds is 3. The van der Waals surface area contributed by atoms with Gasteiger partial charge in [0.1, 0.15) is 11.5 Å². The molecule has 0 bridgehead atoms. The number of hydrogen-bond acceptors (Lipinski definition) is 4. The Morgan fingerprint density at radius 3 is 2.67 bits per heavy atom. The van der Waals surface area contributed by atoms with Crippen molar-refractivity contribution in [1.82, 2.24) is 0 Å². The van der Waals surface area contributed by atoms with Crippen molar-refractivity contribution >= 4 is 12.5 Å². The SMILES string of the molecule is C/C(=C/c1c(C)cc(C)oc1=O)OC=O. The van der Waals surface area contributed by atoms with E-state index in [-0.39, 0.29) is 0 Å². The summed E-state index contributed by atoms with van der Waals surface area (Å²) in [4.78, 5) is 21.5. The lowest BCUT2D eigenvalue weighted by molar-refractivity contribution is -0.124. The second-order valence-electron chi connectivity index (χ2n) is 3.21. The summed E-state index contributed by atoms with van der Waals surface area (Å²) in [6.07, 6.45) is 1.48. The molecule has 15 heavy (non-hydrogen) atoms. The van der Waals surface area contributed by atoms with Crippen LogP contribution >= 0.6 is 0 Å². The van der Waals surface area contributed by atoms with Gasteiger partial charge in [0.2, 0.25) is 0 Å². The molecule has 0 aliphatic heterocycles. The largest absolute Gasteiger partial charge is 0.434 e. The molecule has 1 heterocycles. The summed E-state index contributed by atoms with van der Waals surface area (Å²) in [5.41, 5.74) is 0.763. The van der Waals surface area contributed by atoms with Crippen molar-refractivity contribution in [2.75, 3.05) is 0 Å². The lowest BCUT2D eigenvalue weighted by Crippen LogP contribution is -2.06. The first-order valence-corrected chi connectivity index (χ1v) is 4.44. The van der Waals surface area contributed by atoms with Crippen LogP contribution in [-0.2, 0) is 9.53 Å². The van der Waals surface area contributed by atoms with E-state index >= 15 is 0 Å². The molecule has 4 heteroatoms. The Morgan fingerprint density at radius 1 is 1.47 bits per heavy atom. The van der Waals surface area contributed by atoms with Gasteiger partial charge in [-0.05, 0) is 38.5 Å². The molecule has 0 saturated heterocycles. The zero-order valence-corrected chi connectivity index (χ0v) is 8.87. The Morgan fingerprint density at radius 2 is 2.13 bits per heavy atom. The molecular weight excluding hydrogens is 196 g/mol. The summed E-state index contributed by atoms with van der Waals surface area (Å²) in [6.45, 7) is 5.41. The molecule has 0 atom stereocenters. The Balaban J connectivity index is 3.21. The van der Waals surface area contributed by atoms with Gasteiger partial charge in [0.05, 0.1) is 5.56 Å². The third kappa shape index (κ3) is 2.80. The minimum absolute atomic E-state index is 0.316. The third-order valence-corrected chi connectivity index (χ3v) is 1.90. The minimum atomic E-state index is -0.429. The van der Waals surface area contributed by atoms with E-state index in [1.54, 1.807) is 26.8 Å². The Hall–Kier alpha value is -1.84. The van der Waals surface area contributed by atoms with Crippen molar-refractivity contribution in [2.24, 2.45) is 0 Å². The van der Waals surface area contributed by atoms with Crippen molar-refractivity contribution in [2.45, 2.75) is 20.8 Å². The molecule has 0 N–H and O–H groups in total. The van der Waals surface area contributed by atoms with E-state index in [1.807, 2.05) is 0 Å². The van der Waals surface area contributed by atoms with Crippen molar-refractivity contribution in [1.29, 1.82) is 0 Å². The average Bonchev–Trinajstić information content (AvgIpc) is 2.11. The topological polar surface area (TPSA) is 56.5 Å². The summed E-state index contributed by atoms with van der Waals surface area (Å²) in [7, 11) is 0. The molecule has 0 spiro atoms. The molecule has 1 aromatic heterocycles. The summed E-state index contributed by atoms with van der Waals surface area (Å²) in [5, 5.41) is 0. The van der Waals surface area contributed by atoms with Crippen LogP contribution in [0.1, 0.15) is 23.8 Å². The molecule has 1 rings (SSSR count). The van der Waals surface area contributed by atoms with Crippen LogP contribution in [-0.4, -0.2) is 6.47 Å². The van der Waals surface area contributed by atoms with Crippen molar-refractivity contribution in [3.63, 3.8) is 0 Å². The molecule has 80 valence electrons. The van der Waals surface area contributed by atoms with Crippen LogP contribution in [0.25, 0.3) is 6.08 Å². The van der Waals surface area contributed by atoms with Crippen LogP contribution in [0, 0.1) is 13.8 Å². The van der Waals surface area contributed by atoms with Gasteiger partial charge in [-0.2, -0.15) is 0 Å². The summed E-state index contributed by atoms with van der Waals surface area (Å²) >= 11 is 0. The molecule has 0 aliphatic rings. The summed E-state index contributed by atoms with van der Waals surface area (Å²) < 4.78 is 9.51. The van der Waals surface area contributed by atoms with Crippen molar-refractivity contribution < 1.29 is 13.9 Å². The van der Waals surface area contributed by atoms with E-state index in [1.165, 1.54) is 6.08 Å². The average molecular weight is 208 g/mol. The van der Waals surface area contributed by atoms with E-state index in [4.69, 9.17) is 4.42 Å². The Labute approximate surface area is 87.2 Å². The molecule has 0 aromatic carbocycles.